The van der Waals surface area contributed by atoms with Crippen molar-refractivity contribution in [2.45, 2.75) is 19.8 Å². The third-order valence-electron chi connectivity index (χ3n) is 4.28. The molecule has 1 saturated heterocycles. The summed E-state index contributed by atoms with van der Waals surface area (Å²) >= 11 is 0. The number of halogens is 1. The lowest BCUT2D eigenvalue weighted by Gasteiger charge is -2.34. The Bertz CT molecular complexity index is 678. The lowest BCUT2D eigenvalue weighted by atomic mass is 10.2. The van der Waals surface area contributed by atoms with Crippen LogP contribution in [0.3, 0.4) is 0 Å². The molecule has 1 aromatic heterocycles. The van der Waals surface area contributed by atoms with Gasteiger partial charge in [0.1, 0.15) is 5.82 Å². The molecule has 7 heteroatoms. The second-order valence-electron chi connectivity index (χ2n) is 5.82. The molecule has 0 saturated carbocycles. The normalized spacial score (nSPS) is 15.7. The zero-order chi connectivity index (χ0) is 16.9. The number of hydrogen-bond acceptors (Lipinski definition) is 5. The molecule has 0 bridgehead atoms. The fourth-order valence-electron chi connectivity index (χ4n) is 2.75. The molecule has 1 amide bonds. The molecule has 0 spiro atoms. The molecule has 0 N–H and O–H groups in total. The second kappa shape index (κ2) is 7.53. The zero-order valence-corrected chi connectivity index (χ0v) is 13.7. The van der Waals surface area contributed by atoms with Gasteiger partial charge in [0, 0.05) is 44.6 Å². The minimum absolute atomic E-state index is 0.118. The van der Waals surface area contributed by atoms with Crippen LogP contribution in [0.15, 0.2) is 28.7 Å². The standard InChI is InChI=1S/C17H21FN4O2/c1-2-21-9-11-22(12-10-21)16(23)8-7-15-19-20-17(24-15)13-3-5-14(18)6-4-13/h3-6H,2,7-12H2,1H3. The number of hydrogen-bond donors (Lipinski definition) is 0. The molecule has 6 nitrogen and oxygen atoms in total. The van der Waals surface area contributed by atoms with Crippen molar-refractivity contribution in [1.82, 2.24) is 20.0 Å². The van der Waals surface area contributed by atoms with Gasteiger partial charge in [0.15, 0.2) is 0 Å². The highest BCUT2D eigenvalue weighted by Gasteiger charge is 2.20. The third kappa shape index (κ3) is 3.97. The van der Waals surface area contributed by atoms with Crippen molar-refractivity contribution in [2.75, 3.05) is 32.7 Å². The predicted molar refractivity (Wildman–Crippen MR) is 86.7 cm³/mol. The van der Waals surface area contributed by atoms with Crippen molar-refractivity contribution in [3.05, 3.63) is 36.0 Å². The van der Waals surface area contributed by atoms with E-state index in [2.05, 4.69) is 22.0 Å². The van der Waals surface area contributed by atoms with E-state index in [0.29, 0.717) is 30.2 Å². The molecular weight excluding hydrogens is 311 g/mol. The van der Waals surface area contributed by atoms with Gasteiger partial charge >= 0.3 is 0 Å². The van der Waals surface area contributed by atoms with Crippen molar-refractivity contribution in [2.24, 2.45) is 0 Å². The Morgan fingerprint density at radius 2 is 1.88 bits per heavy atom. The molecule has 2 aromatic rings. The molecule has 24 heavy (non-hydrogen) atoms. The fraction of sp³-hybridized carbons (Fsp3) is 0.471. The number of amides is 1. The van der Waals surface area contributed by atoms with E-state index in [4.69, 9.17) is 4.42 Å². The molecule has 0 aliphatic carbocycles. The van der Waals surface area contributed by atoms with E-state index in [-0.39, 0.29) is 11.7 Å². The number of carbonyl (C=O) groups excluding carboxylic acids is 1. The van der Waals surface area contributed by atoms with Gasteiger partial charge in [0.25, 0.3) is 0 Å². The van der Waals surface area contributed by atoms with Crippen molar-refractivity contribution < 1.29 is 13.6 Å². The second-order valence-corrected chi connectivity index (χ2v) is 5.82. The van der Waals surface area contributed by atoms with E-state index in [1.165, 1.54) is 12.1 Å². The molecule has 1 fully saturated rings. The lowest BCUT2D eigenvalue weighted by molar-refractivity contribution is -0.132. The van der Waals surface area contributed by atoms with Crippen molar-refractivity contribution in [3.8, 4) is 11.5 Å². The van der Waals surface area contributed by atoms with Gasteiger partial charge in [-0.05, 0) is 30.8 Å². The fourth-order valence-corrected chi connectivity index (χ4v) is 2.75. The number of aryl methyl sites for hydroxylation is 1. The van der Waals surface area contributed by atoms with Crippen molar-refractivity contribution in [1.29, 1.82) is 0 Å². The minimum Gasteiger partial charge on any atom is -0.421 e. The summed E-state index contributed by atoms with van der Waals surface area (Å²) in [6, 6.07) is 5.87. The average Bonchev–Trinajstić information content (AvgIpc) is 3.09. The van der Waals surface area contributed by atoms with E-state index in [1.807, 2.05) is 4.90 Å². The maximum Gasteiger partial charge on any atom is 0.247 e. The molecule has 1 aromatic carbocycles. The highest BCUT2D eigenvalue weighted by Crippen LogP contribution is 2.18. The molecule has 1 aliphatic rings. The van der Waals surface area contributed by atoms with E-state index < -0.39 is 0 Å². The summed E-state index contributed by atoms with van der Waals surface area (Å²) in [5.41, 5.74) is 0.664. The van der Waals surface area contributed by atoms with Crippen LogP contribution in [0.1, 0.15) is 19.2 Å². The highest BCUT2D eigenvalue weighted by molar-refractivity contribution is 5.76. The number of nitrogens with zero attached hydrogens (tertiary/aromatic N) is 4. The van der Waals surface area contributed by atoms with Crippen LogP contribution in [0.25, 0.3) is 11.5 Å². The van der Waals surface area contributed by atoms with Gasteiger partial charge in [-0.2, -0.15) is 0 Å². The Kier molecular flexibility index (Phi) is 5.20. The maximum absolute atomic E-state index is 12.9. The summed E-state index contributed by atoms with van der Waals surface area (Å²) in [6.45, 7) is 6.56. The number of rotatable bonds is 5. The number of benzene rings is 1. The smallest absolute Gasteiger partial charge is 0.247 e. The van der Waals surface area contributed by atoms with Crippen LogP contribution < -0.4 is 0 Å². The van der Waals surface area contributed by atoms with Gasteiger partial charge in [-0.25, -0.2) is 4.39 Å². The van der Waals surface area contributed by atoms with Crippen LogP contribution >= 0.6 is 0 Å². The van der Waals surface area contributed by atoms with Crippen LogP contribution in [0, 0.1) is 5.82 Å². The minimum atomic E-state index is -0.313. The van der Waals surface area contributed by atoms with Crippen LogP contribution in [-0.2, 0) is 11.2 Å². The van der Waals surface area contributed by atoms with E-state index in [0.717, 1.165) is 32.7 Å². The highest BCUT2D eigenvalue weighted by atomic mass is 19.1. The largest absolute Gasteiger partial charge is 0.421 e. The third-order valence-corrected chi connectivity index (χ3v) is 4.28. The van der Waals surface area contributed by atoms with E-state index in [9.17, 15) is 9.18 Å². The van der Waals surface area contributed by atoms with Gasteiger partial charge in [-0.3, -0.25) is 4.79 Å². The van der Waals surface area contributed by atoms with Crippen LogP contribution in [0.4, 0.5) is 4.39 Å². The maximum atomic E-state index is 12.9. The van der Waals surface area contributed by atoms with Gasteiger partial charge in [-0.15, -0.1) is 10.2 Å². The Morgan fingerprint density at radius 1 is 1.17 bits per heavy atom. The SMILES string of the molecule is CCN1CCN(C(=O)CCc2nnc(-c3ccc(F)cc3)o2)CC1. The topological polar surface area (TPSA) is 62.5 Å². The molecule has 3 rings (SSSR count). The lowest BCUT2D eigenvalue weighted by Crippen LogP contribution is -2.48. The zero-order valence-electron chi connectivity index (χ0n) is 13.7. The Hall–Kier alpha value is -2.28. The van der Waals surface area contributed by atoms with Crippen LogP contribution in [0.5, 0.6) is 0 Å². The number of aromatic nitrogens is 2. The van der Waals surface area contributed by atoms with Gasteiger partial charge < -0.3 is 14.2 Å². The number of likely N-dealkylation sites (N-methyl/N-ethyl adjacent to an activating group) is 1. The predicted octanol–water partition coefficient (Wildman–Crippen LogP) is 1.97. The van der Waals surface area contributed by atoms with E-state index >= 15 is 0 Å². The summed E-state index contributed by atoms with van der Waals surface area (Å²) in [4.78, 5) is 16.5. The van der Waals surface area contributed by atoms with Gasteiger partial charge in [-0.1, -0.05) is 6.92 Å². The van der Waals surface area contributed by atoms with Crippen molar-refractivity contribution in [3.63, 3.8) is 0 Å². The molecule has 2 heterocycles. The first-order valence-electron chi connectivity index (χ1n) is 8.24. The molecule has 0 unspecified atom stereocenters. The summed E-state index contributed by atoms with van der Waals surface area (Å²) in [5, 5.41) is 7.92. The van der Waals surface area contributed by atoms with Gasteiger partial charge in [0.05, 0.1) is 0 Å². The molecule has 128 valence electrons. The monoisotopic (exact) mass is 332 g/mol. The number of carbonyl (C=O) groups is 1. The summed E-state index contributed by atoms with van der Waals surface area (Å²) in [6.07, 6.45) is 0.776. The number of piperazine rings is 1. The van der Waals surface area contributed by atoms with Gasteiger partial charge in [0.2, 0.25) is 17.7 Å². The molecule has 0 atom stereocenters. The molecule has 0 radical (unpaired) electrons. The summed E-state index contributed by atoms with van der Waals surface area (Å²) < 4.78 is 18.5. The van der Waals surface area contributed by atoms with Crippen molar-refractivity contribution >= 4 is 5.91 Å². The van der Waals surface area contributed by atoms with E-state index in [1.54, 1.807) is 12.1 Å². The average molecular weight is 332 g/mol. The quantitative estimate of drug-likeness (QED) is 0.838. The first-order valence-corrected chi connectivity index (χ1v) is 8.24. The van der Waals surface area contributed by atoms with Crippen LogP contribution in [-0.4, -0.2) is 58.6 Å². The summed E-state index contributed by atoms with van der Waals surface area (Å²) in [7, 11) is 0. The Balaban J connectivity index is 1.52. The summed E-state index contributed by atoms with van der Waals surface area (Å²) in [5.74, 6) is 0.573. The Labute approximate surface area is 140 Å². The Morgan fingerprint density at radius 3 is 2.54 bits per heavy atom. The molecular formula is C17H21FN4O2. The van der Waals surface area contributed by atoms with Crippen LogP contribution in [0.2, 0.25) is 0 Å². The first kappa shape index (κ1) is 16.6. The molecule has 1 aliphatic heterocycles. The first-order chi connectivity index (χ1) is 11.7.